The smallest absolute Gasteiger partial charge is 0.269 e. The monoisotopic (exact) mass is 310 g/mol. The van der Waals surface area contributed by atoms with Crippen molar-refractivity contribution in [3.63, 3.8) is 0 Å². The van der Waals surface area contributed by atoms with E-state index >= 15 is 0 Å². The molecule has 0 saturated carbocycles. The molecule has 0 radical (unpaired) electrons. The minimum atomic E-state index is -0.362. The second kappa shape index (κ2) is 7.64. The van der Waals surface area contributed by atoms with Crippen LogP contribution >= 0.6 is 11.6 Å². The maximum atomic E-state index is 10.9. The normalized spacial score (nSPS) is 19.3. The summed E-state index contributed by atoms with van der Waals surface area (Å²) < 4.78 is 0. The van der Waals surface area contributed by atoms with Crippen molar-refractivity contribution in [1.82, 2.24) is 0 Å². The molecular weight excluding hydrogens is 288 g/mol. The van der Waals surface area contributed by atoms with Gasteiger partial charge in [0.1, 0.15) is 0 Å². The minimum absolute atomic E-state index is 0.119. The lowest BCUT2D eigenvalue weighted by atomic mass is 9.96. The summed E-state index contributed by atoms with van der Waals surface area (Å²) in [5, 5.41) is 10.9. The molecule has 0 amide bonds. The summed E-state index contributed by atoms with van der Waals surface area (Å²) in [5.41, 5.74) is 2.04. The number of non-ortho nitro benzene ring substituents is 1. The fourth-order valence-corrected chi connectivity index (χ4v) is 3.42. The van der Waals surface area contributed by atoms with Crippen molar-refractivity contribution in [2.45, 2.75) is 44.9 Å². The summed E-state index contributed by atoms with van der Waals surface area (Å²) in [4.78, 5) is 12.9. The van der Waals surface area contributed by atoms with Crippen LogP contribution < -0.4 is 4.90 Å². The van der Waals surface area contributed by atoms with Crippen LogP contribution in [0, 0.1) is 16.0 Å². The number of hydrogen-bond acceptors (Lipinski definition) is 3. The highest BCUT2D eigenvalue weighted by Crippen LogP contribution is 2.30. The number of benzene rings is 1. The highest BCUT2D eigenvalue weighted by Gasteiger charge is 2.19. The molecule has 1 heterocycles. The van der Waals surface area contributed by atoms with Crippen molar-refractivity contribution in [3.05, 3.63) is 33.9 Å². The maximum absolute atomic E-state index is 10.9. The minimum Gasteiger partial charge on any atom is -0.371 e. The Bertz CT molecular complexity index is 493. The zero-order valence-corrected chi connectivity index (χ0v) is 13.3. The quantitative estimate of drug-likeness (QED) is 0.448. The highest BCUT2D eigenvalue weighted by molar-refractivity contribution is 6.17. The topological polar surface area (TPSA) is 46.4 Å². The summed E-state index contributed by atoms with van der Waals surface area (Å²) in [7, 11) is 0. The van der Waals surface area contributed by atoms with Crippen molar-refractivity contribution < 1.29 is 4.92 Å². The van der Waals surface area contributed by atoms with E-state index in [2.05, 4.69) is 11.8 Å². The van der Waals surface area contributed by atoms with E-state index in [9.17, 15) is 10.1 Å². The van der Waals surface area contributed by atoms with Crippen LogP contribution in [-0.4, -0.2) is 18.0 Å². The third-order valence-corrected chi connectivity index (χ3v) is 4.59. The number of nitrogens with zero attached hydrogens (tertiary/aromatic N) is 2. The molecule has 1 atom stereocenters. The zero-order chi connectivity index (χ0) is 15.2. The van der Waals surface area contributed by atoms with Gasteiger partial charge in [-0.1, -0.05) is 19.8 Å². The van der Waals surface area contributed by atoms with Crippen LogP contribution in [0.4, 0.5) is 11.4 Å². The van der Waals surface area contributed by atoms with Crippen LogP contribution in [0.5, 0.6) is 0 Å². The maximum Gasteiger partial charge on any atom is 0.269 e. The van der Waals surface area contributed by atoms with Crippen LogP contribution in [0.15, 0.2) is 18.2 Å². The molecule has 1 aliphatic rings. The molecule has 5 heteroatoms. The predicted molar refractivity (Wildman–Crippen MR) is 87.1 cm³/mol. The lowest BCUT2D eigenvalue weighted by Gasteiger charge is -2.25. The molecule has 1 fully saturated rings. The second-order valence-corrected chi connectivity index (χ2v) is 6.04. The second-order valence-electron chi connectivity index (χ2n) is 5.78. The average Bonchev–Trinajstić information content (AvgIpc) is 2.72. The van der Waals surface area contributed by atoms with E-state index in [-0.39, 0.29) is 10.6 Å². The molecule has 1 aliphatic heterocycles. The van der Waals surface area contributed by atoms with Gasteiger partial charge in [0.05, 0.1) is 4.92 Å². The van der Waals surface area contributed by atoms with Gasteiger partial charge in [0.15, 0.2) is 0 Å². The SMILES string of the molecule is CCCC1CCCN(c2ccc([N+](=O)[O-])cc2CCl)CC1. The molecule has 0 aromatic heterocycles. The van der Waals surface area contributed by atoms with Crippen LogP contribution in [0.25, 0.3) is 0 Å². The lowest BCUT2D eigenvalue weighted by molar-refractivity contribution is -0.384. The number of anilines is 1. The van der Waals surface area contributed by atoms with E-state index in [4.69, 9.17) is 11.6 Å². The Morgan fingerprint density at radius 3 is 2.86 bits per heavy atom. The molecule has 21 heavy (non-hydrogen) atoms. The Labute approximate surface area is 131 Å². The largest absolute Gasteiger partial charge is 0.371 e. The Morgan fingerprint density at radius 1 is 1.38 bits per heavy atom. The number of hydrogen-bond donors (Lipinski definition) is 0. The van der Waals surface area contributed by atoms with Crippen LogP contribution in [0.2, 0.25) is 0 Å². The number of alkyl halides is 1. The third-order valence-electron chi connectivity index (χ3n) is 4.30. The van der Waals surface area contributed by atoms with Gasteiger partial charge in [-0.05, 0) is 36.8 Å². The first-order valence-electron chi connectivity index (χ1n) is 7.74. The molecule has 1 unspecified atom stereocenters. The summed E-state index contributed by atoms with van der Waals surface area (Å²) >= 11 is 6.00. The van der Waals surface area contributed by atoms with Gasteiger partial charge in [0.25, 0.3) is 5.69 Å². The molecular formula is C16H23ClN2O2. The van der Waals surface area contributed by atoms with Crippen LogP contribution in [0.1, 0.15) is 44.6 Å². The van der Waals surface area contributed by atoms with Gasteiger partial charge in [-0.15, -0.1) is 11.6 Å². The van der Waals surface area contributed by atoms with Crippen molar-refractivity contribution in [3.8, 4) is 0 Å². The molecule has 0 spiro atoms. The predicted octanol–water partition coefficient (Wildman–Crippen LogP) is 4.74. The summed E-state index contributed by atoms with van der Waals surface area (Å²) in [6.07, 6.45) is 6.22. The zero-order valence-electron chi connectivity index (χ0n) is 12.6. The molecule has 1 saturated heterocycles. The van der Waals surface area contributed by atoms with Crippen LogP contribution in [-0.2, 0) is 5.88 Å². The fraction of sp³-hybridized carbons (Fsp3) is 0.625. The Hall–Kier alpha value is -1.29. The number of nitro groups is 1. The molecule has 0 bridgehead atoms. The number of halogens is 1. The van der Waals surface area contributed by atoms with Crippen molar-refractivity contribution in [2.75, 3.05) is 18.0 Å². The van der Waals surface area contributed by atoms with Gasteiger partial charge in [0, 0.05) is 36.8 Å². The Morgan fingerprint density at radius 2 is 2.19 bits per heavy atom. The lowest BCUT2D eigenvalue weighted by Crippen LogP contribution is -2.25. The van der Waals surface area contributed by atoms with Gasteiger partial charge in [-0.25, -0.2) is 0 Å². The average molecular weight is 311 g/mol. The van der Waals surface area contributed by atoms with E-state index in [1.807, 2.05) is 6.07 Å². The van der Waals surface area contributed by atoms with Gasteiger partial charge in [-0.3, -0.25) is 10.1 Å². The molecule has 116 valence electrons. The van der Waals surface area contributed by atoms with Gasteiger partial charge >= 0.3 is 0 Å². The molecule has 0 aliphatic carbocycles. The molecule has 4 nitrogen and oxygen atoms in total. The molecule has 1 aromatic carbocycles. The first kappa shape index (κ1) is 16.1. The first-order chi connectivity index (χ1) is 10.2. The Kier molecular flexibility index (Phi) is 5.85. The van der Waals surface area contributed by atoms with Crippen molar-refractivity contribution in [2.24, 2.45) is 5.92 Å². The summed E-state index contributed by atoms with van der Waals surface area (Å²) in [6.45, 7) is 4.28. The molecule has 2 rings (SSSR count). The van der Waals surface area contributed by atoms with Gasteiger partial charge < -0.3 is 4.90 Å². The fourth-order valence-electron chi connectivity index (χ4n) is 3.20. The number of nitro benzene ring substituents is 1. The van der Waals surface area contributed by atoms with Crippen molar-refractivity contribution >= 4 is 23.0 Å². The Balaban J connectivity index is 2.15. The van der Waals surface area contributed by atoms with Gasteiger partial charge in [-0.2, -0.15) is 0 Å². The highest BCUT2D eigenvalue weighted by atomic mass is 35.5. The standard InChI is InChI=1S/C16H23ClN2O2/c1-2-4-13-5-3-9-18(10-8-13)16-7-6-15(19(20)21)11-14(16)12-17/h6-7,11,13H,2-5,8-10,12H2,1H3. The third kappa shape index (κ3) is 4.10. The first-order valence-corrected chi connectivity index (χ1v) is 8.27. The van der Waals surface area contributed by atoms with E-state index in [0.29, 0.717) is 5.88 Å². The van der Waals surface area contributed by atoms with E-state index < -0.39 is 0 Å². The van der Waals surface area contributed by atoms with E-state index in [1.54, 1.807) is 12.1 Å². The van der Waals surface area contributed by atoms with Crippen LogP contribution in [0.3, 0.4) is 0 Å². The van der Waals surface area contributed by atoms with Gasteiger partial charge in [0.2, 0.25) is 0 Å². The summed E-state index contributed by atoms with van der Waals surface area (Å²) in [5.74, 6) is 1.13. The summed E-state index contributed by atoms with van der Waals surface area (Å²) in [6, 6.07) is 5.05. The van der Waals surface area contributed by atoms with E-state index in [1.165, 1.54) is 32.1 Å². The number of rotatable bonds is 5. The molecule has 0 N–H and O–H groups in total. The molecule has 1 aromatic rings. The van der Waals surface area contributed by atoms with Crippen molar-refractivity contribution in [1.29, 1.82) is 0 Å². The van der Waals surface area contributed by atoms with E-state index in [0.717, 1.165) is 30.3 Å².